The second kappa shape index (κ2) is 7.75. The molecule has 0 unspecified atom stereocenters. The van der Waals surface area contributed by atoms with Crippen LogP contribution < -0.4 is 0 Å². The molecule has 2 aromatic carbocycles. The average Bonchev–Trinajstić information content (AvgIpc) is 3.41. The molecule has 0 aliphatic heterocycles. The summed E-state index contributed by atoms with van der Waals surface area (Å²) in [5.41, 5.74) is 0.748. The molecular formula is C21H16N4O6. The SMILES string of the molecule is COC(=O)c1c(-c2cccc3[nH]nc(C(=O)O)c23)nn(-c2ccccc2)c1C(=O)OC. The lowest BCUT2D eigenvalue weighted by Crippen LogP contribution is -2.15. The van der Waals surface area contributed by atoms with Crippen LogP contribution in [0.5, 0.6) is 0 Å². The quantitative estimate of drug-likeness (QED) is 0.470. The molecule has 4 aromatic rings. The van der Waals surface area contributed by atoms with Crippen molar-refractivity contribution in [3.63, 3.8) is 0 Å². The highest BCUT2D eigenvalue weighted by Gasteiger charge is 2.32. The Morgan fingerprint density at radius 1 is 0.968 bits per heavy atom. The van der Waals surface area contributed by atoms with Crippen molar-refractivity contribution < 1.29 is 29.0 Å². The van der Waals surface area contributed by atoms with Crippen LogP contribution in [0.4, 0.5) is 0 Å². The number of hydrogen-bond donors (Lipinski definition) is 2. The number of H-pyrrole nitrogens is 1. The molecule has 10 heteroatoms. The van der Waals surface area contributed by atoms with Crippen molar-refractivity contribution in [1.29, 1.82) is 0 Å². The number of aromatic carboxylic acids is 1. The zero-order valence-corrected chi connectivity index (χ0v) is 16.4. The number of carbonyl (C=O) groups is 3. The first-order valence-corrected chi connectivity index (χ1v) is 9.03. The Balaban J connectivity index is 2.13. The fourth-order valence-corrected chi connectivity index (χ4v) is 3.37. The van der Waals surface area contributed by atoms with Crippen molar-refractivity contribution in [3.05, 3.63) is 65.5 Å². The van der Waals surface area contributed by atoms with Crippen LogP contribution in [0.15, 0.2) is 48.5 Å². The molecule has 0 aliphatic rings. The molecule has 10 nitrogen and oxygen atoms in total. The third-order valence-electron chi connectivity index (χ3n) is 4.70. The van der Waals surface area contributed by atoms with Gasteiger partial charge in [-0.1, -0.05) is 30.3 Å². The van der Waals surface area contributed by atoms with Crippen LogP contribution in [0.25, 0.3) is 27.8 Å². The third kappa shape index (κ3) is 3.19. The maximum atomic E-state index is 12.8. The number of methoxy groups -OCH3 is 2. The molecule has 156 valence electrons. The molecule has 2 aromatic heterocycles. The summed E-state index contributed by atoms with van der Waals surface area (Å²) in [6.07, 6.45) is 0. The second-order valence-electron chi connectivity index (χ2n) is 6.41. The van der Waals surface area contributed by atoms with Gasteiger partial charge in [-0.05, 0) is 18.2 Å². The number of aromatic amines is 1. The number of carboxylic acid groups (broad SMARTS) is 1. The van der Waals surface area contributed by atoms with Gasteiger partial charge in [0, 0.05) is 10.9 Å². The predicted octanol–water partition coefficient (Wildman–Crippen LogP) is 2.69. The van der Waals surface area contributed by atoms with Gasteiger partial charge in [0.1, 0.15) is 11.3 Å². The van der Waals surface area contributed by atoms with Crippen molar-refractivity contribution in [3.8, 4) is 16.9 Å². The fraction of sp³-hybridized carbons (Fsp3) is 0.0952. The van der Waals surface area contributed by atoms with Gasteiger partial charge in [0.15, 0.2) is 11.4 Å². The predicted molar refractivity (Wildman–Crippen MR) is 108 cm³/mol. The first kappa shape index (κ1) is 19.8. The number of aromatic nitrogens is 4. The molecule has 2 N–H and O–H groups in total. The lowest BCUT2D eigenvalue weighted by Gasteiger charge is -2.07. The summed E-state index contributed by atoms with van der Waals surface area (Å²) < 4.78 is 11.1. The van der Waals surface area contributed by atoms with E-state index in [1.54, 1.807) is 48.5 Å². The van der Waals surface area contributed by atoms with Gasteiger partial charge in [-0.2, -0.15) is 10.2 Å². The van der Waals surface area contributed by atoms with Gasteiger partial charge >= 0.3 is 17.9 Å². The standard InChI is InChI=1S/C21H16N4O6/c1-30-20(28)15-16(12-9-6-10-13-14(12)17(19(26)27)23-22-13)24-25(18(15)21(29)31-2)11-7-4-3-5-8-11/h3-10H,1-2H3,(H,22,23)(H,26,27). The van der Waals surface area contributed by atoms with Crippen LogP contribution >= 0.6 is 0 Å². The normalized spacial score (nSPS) is 10.8. The summed E-state index contributed by atoms with van der Waals surface area (Å²) in [5.74, 6) is -2.88. The van der Waals surface area contributed by atoms with E-state index >= 15 is 0 Å². The number of para-hydroxylation sites is 1. The molecule has 0 atom stereocenters. The molecule has 0 radical (unpaired) electrons. The minimum atomic E-state index is -1.26. The minimum Gasteiger partial charge on any atom is -0.476 e. The van der Waals surface area contributed by atoms with Crippen molar-refractivity contribution in [1.82, 2.24) is 20.0 Å². The lowest BCUT2D eigenvalue weighted by molar-refractivity contribution is 0.0549. The number of rotatable bonds is 5. The van der Waals surface area contributed by atoms with Gasteiger partial charge in [0.25, 0.3) is 0 Å². The molecule has 0 saturated carbocycles. The zero-order chi connectivity index (χ0) is 22.1. The molecule has 31 heavy (non-hydrogen) atoms. The topological polar surface area (TPSA) is 136 Å². The molecule has 0 amide bonds. The summed E-state index contributed by atoms with van der Waals surface area (Å²) in [5, 5.41) is 20.8. The van der Waals surface area contributed by atoms with E-state index in [2.05, 4.69) is 15.3 Å². The minimum absolute atomic E-state index is 0.0607. The van der Waals surface area contributed by atoms with Crippen LogP contribution in [-0.2, 0) is 9.47 Å². The molecule has 0 saturated heterocycles. The average molecular weight is 420 g/mol. The number of fused-ring (bicyclic) bond motifs is 1. The Morgan fingerprint density at radius 3 is 2.32 bits per heavy atom. The molecule has 2 heterocycles. The van der Waals surface area contributed by atoms with E-state index in [9.17, 15) is 19.5 Å². The van der Waals surface area contributed by atoms with E-state index in [1.165, 1.54) is 18.9 Å². The number of esters is 2. The number of nitrogens with zero attached hydrogens (tertiary/aromatic N) is 3. The first-order valence-electron chi connectivity index (χ1n) is 9.03. The Bertz CT molecular complexity index is 1320. The summed E-state index contributed by atoms with van der Waals surface area (Å²) in [4.78, 5) is 37.2. The van der Waals surface area contributed by atoms with Gasteiger partial charge in [0.2, 0.25) is 0 Å². The number of carboxylic acids is 1. The Kier molecular flexibility index (Phi) is 4.96. The lowest BCUT2D eigenvalue weighted by atomic mass is 10.0. The van der Waals surface area contributed by atoms with Gasteiger partial charge in [-0.3, -0.25) is 5.10 Å². The Hall–Kier alpha value is -4.47. The maximum Gasteiger partial charge on any atom is 0.357 e. The molecule has 0 fully saturated rings. The molecule has 0 bridgehead atoms. The summed E-state index contributed by atoms with van der Waals surface area (Å²) in [7, 11) is 2.36. The van der Waals surface area contributed by atoms with Crippen LogP contribution in [-0.4, -0.2) is 57.2 Å². The van der Waals surface area contributed by atoms with Crippen LogP contribution in [0.2, 0.25) is 0 Å². The number of carbonyl (C=O) groups excluding carboxylic acids is 2. The van der Waals surface area contributed by atoms with E-state index in [-0.39, 0.29) is 28.0 Å². The number of ether oxygens (including phenoxy) is 2. The van der Waals surface area contributed by atoms with Crippen LogP contribution in [0.3, 0.4) is 0 Å². The second-order valence-corrected chi connectivity index (χ2v) is 6.41. The smallest absolute Gasteiger partial charge is 0.357 e. The molecule has 0 aliphatic carbocycles. The van der Waals surface area contributed by atoms with E-state index in [0.717, 1.165) is 0 Å². The van der Waals surface area contributed by atoms with Crippen LogP contribution in [0, 0.1) is 0 Å². The monoisotopic (exact) mass is 420 g/mol. The molecule has 0 spiro atoms. The number of benzene rings is 2. The zero-order valence-electron chi connectivity index (χ0n) is 16.4. The largest absolute Gasteiger partial charge is 0.476 e. The van der Waals surface area contributed by atoms with Gasteiger partial charge in [-0.15, -0.1) is 0 Å². The first-order chi connectivity index (χ1) is 15.0. The van der Waals surface area contributed by atoms with E-state index in [4.69, 9.17) is 9.47 Å². The fourth-order valence-electron chi connectivity index (χ4n) is 3.37. The van der Waals surface area contributed by atoms with Crippen LogP contribution in [0.1, 0.15) is 31.3 Å². The maximum absolute atomic E-state index is 12.8. The van der Waals surface area contributed by atoms with Crippen molar-refractivity contribution >= 4 is 28.8 Å². The van der Waals surface area contributed by atoms with Crippen molar-refractivity contribution in [2.24, 2.45) is 0 Å². The van der Waals surface area contributed by atoms with Gasteiger partial charge < -0.3 is 14.6 Å². The number of hydrogen-bond acceptors (Lipinski definition) is 7. The van der Waals surface area contributed by atoms with Crippen molar-refractivity contribution in [2.75, 3.05) is 14.2 Å². The third-order valence-corrected chi connectivity index (χ3v) is 4.70. The van der Waals surface area contributed by atoms with E-state index in [0.29, 0.717) is 16.8 Å². The molecule has 4 rings (SSSR count). The highest BCUT2D eigenvalue weighted by atomic mass is 16.5. The van der Waals surface area contributed by atoms with E-state index in [1.807, 2.05) is 0 Å². The Labute approximate surface area is 175 Å². The summed E-state index contributed by atoms with van der Waals surface area (Å²) >= 11 is 0. The Morgan fingerprint density at radius 2 is 1.68 bits per heavy atom. The van der Waals surface area contributed by atoms with Gasteiger partial charge in [0.05, 0.1) is 25.4 Å². The number of nitrogens with one attached hydrogen (secondary N) is 1. The van der Waals surface area contributed by atoms with Gasteiger partial charge in [-0.25, -0.2) is 19.1 Å². The molecular weight excluding hydrogens is 404 g/mol. The van der Waals surface area contributed by atoms with E-state index < -0.39 is 17.9 Å². The summed E-state index contributed by atoms with van der Waals surface area (Å²) in [6, 6.07) is 13.6. The van der Waals surface area contributed by atoms with Crippen molar-refractivity contribution in [2.45, 2.75) is 0 Å². The highest BCUT2D eigenvalue weighted by Crippen LogP contribution is 2.34. The summed E-state index contributed by atoms with van der Waals surface area (Å²) in [6.45, 7) is 0. The highest BCUT2D eigenvalue weighted by molar-refractivity contribution is 6.12.